The molecule has 150 valence electrons. The third-order valence-corrected chi connectivity index (χ3v) is 6.27. The summed E-state index contributed by atoms with van der Waals surface area (Å²) in [6.07, 6.45) is 10.1. The monoisotopic (exact) mass is 407 g/mol. The van der Waals surface area contributed by atoms with Crippen LogP contribution in [0.15, 0.2) is 55.0 Å². The molecule has 0 aliphatic heterocycles. The summed E-state index contributed by atoms with van der Waals surface area (Å²) in [5, 5.41) is 3.78. The molecule has 5 heteroatoms. The van der Waals surface area contributed by atoms with Gasteiger partial charge < -0.3 is 10.3 Å². The smallest absolute Gasteiger partial charge is 0.253 e. The fraction of sp³-hybridized carbons (Fsp3) is 0.333. The van der Waals surface area contributed by atoms with Gasteiger partial charge in [0.1, 0.15) is 0 Å². The van der Waals surface area contributed by atoms with Crippen LogP contribution >= 0.6 is 11.6 Å². The molecule has 4 nitrogen and oxygen atoms in total. The van der Waals surface area contributed by atoms with Crippen molar-refractivity contribution in [3.05, 3.63) is 76.8 Å². The van der Waals surface area contributed by atoms with E-state index in [-0.39, 0.29) is 5.91 Å². The number of nitrogens with one attached hydrogen (secondary N) is 2. The molecule has 0 radical (unpaired) electrons. The van der Waals surface area contributed by atoms with Crippen LogP contribution in [-0.2, 0) is 0 Å². The fourth-order valence-electron chi connectivity index (χ4n) is 4.31. The SMILES string of the molecule is Cc1cc(C2CCC(CNC(=O)c3c[nH]cc3-c3ccccc3Cl)CC2)ccn1. The van der Waals surface area contributed by atoms with E-state index in [1.165, 1.54) is 18.4 Å². The third-order valence-electron chi connectivity index (χ3n) is 5.94. The first-order valence-electron chi connectivity index (χ1n) is 10.2. The van der Waals surface area contributed by atoms with Crippen molar-refractivity contribution in [2.75, 3.05) is 6.54 Å². The van der Waals surface area contributed by atoms with Crippen molar-refractivity contribution in [2.24, 2.45) is 5.92 Å². The standard InChI is InChI=1S/C24H26ClN3O/c1-16-12-19(10-11-27-16)18-8-6-17(7-9-18)13-28-24(29)22-15-26-14-21(22)20-4-2-3-5-23(20)25/h2-5,10-12,14-15,17-18,26H,6-9,13H2,1H3,(H,28,29). The number of hydrogen-bond donors (Lipinski definition) is 2. The van der Waals surface area contributed by atoms with Crippen LogP contribution in [0.5, 0.6) is 0 Å². The van der Waals surface area contributed by atoms with E-state index in [1.54, 1.807) is 6.20 Å². The maximum absolute atomic E-state index is 12.8. The Balaban J connectivity index is 1.34. The maximum atomic E-state index is 12.8. The zero-order valence-electron chi connectivity index (χ0n) is 16.6. The first-order valence-corrected chi connectivity index (χ1v) is 10.6. The summed E-state index contributed by atoms with van der Waals surface area (Å²) in [5.74, 6) is 1.09. The van der Waals surface area contributed by atoms with E-state index in [4.69, 9.17) is 11.6 Å². The normalized spacial score (nSPS) is 19.1. The van der Waals surface area contributed by atoms with Crippen LogP contribution in [0.3, 0.4) is 0 Å². The molecule has 0 saturated heterocycles. The van der Waals surface area contributed by atoms with Gasteiger partial charge in [-0.15, -0.1) is 0 Å². The van der Waals surface area contributed by atoms with Gasteiger partial charge >= 0.3 is 0 Å². The molecule has 0 atom stereocenters. The molecule has 0 spiro atoms. The number of H-pyrrole nitrogens is 1. The Labute approximate surface area is 176 Å². The molecule has 1 saturated carbocycles. The van der Waals surface area contributed by atoms with Crippen molar-refractivity contribution < 1.29 is 4.79 Å². The van der Waals surface area contributed by atoms with Crippen LogP contribution in [0.2, 0.25) is 5.02 Å². The lowest BCUT2D eigenvalue weighted by molar-refractivity contribution is 0.0943. The van der Waals surface area contributed by atoms with Gasteiger partial charge in [-0.05, 0) is 68.2 Å². The van der Waals surface area contributed by atoms with Gasteiger partial charge in [0.2, 0.25) is 0 Å². The molecule has 1 aromatic carbocycles. The largest absolute Gasteiger partial charge is 0.366 e. The molecule has 0 unspecified atom stereocenters. The molecule has 1 amide bonds. The van der Waals surface area contributed by atoms with E-state index in [1.807, 2.05) is 43.6 Å². The number of aryl methyl sites for hydroxylation is 1. The van der Waals surface area contributed by atoms with Gasteiger partial charge in [0.05, 0.1) is 5.56 Å². The number of amides is 1. The van der Waals surface area contributed by atoms with Crippen LogP contribution in [0.4, 0.5) is 0 Å². The van der Waals surface area contributed by atoms with E-state index in [0.29, 0.717) is 29.0 Å². The predicted octanol–water partition coefficient (Wildman–Crippen LogP) is 5.74. The molecular formula is C24H26ClN3O. The Morgan fingerprint density at radius 3 is 2.69 bits per heavy atom. The number of carbonyl (C=O) groups is 1. The highest BCUT2D eigenvalue weighted by molar-refractivity contribution is 6.33. The second-order valence-corrected chi connectivity index (χ2v) is 8.33. The zero-order chi connectivity index (χ0) is 20.2. The Kier molecular flexibility index (Phi) is 6.00. The van der Waals surface area contributed by atoms with E-state index in [0.717, 1.165) is 29.7 Å². The van der Waals surface area contributed by atoms with Crippen molar-refractivity contribution in [1.29, 1.82) is 0 Å². The second kappa shape index (κ2) is 8.83. The number of carbonyl (C=O) groups excluding carboxylic acids is 1. The Bertz CT molecular complexity index is 989. The second-order valence-electron chi connectivity index (χ2n) is 7.92. The Hall–Kier alpha value is -2.59. The van der Waals surface area contributed by atoms with Gasteiger partial charge in [-0.3, -0.25) is 9.78 Å². The molecule has 1 aliphatic rings. The fourth-order valence-corrected chi connectivity index (χ4v) is 4.55. The first-order chi connectivity index (χ1) is 14.1. The molecule has 1 fully saturated rings. The highest BCUT2D eigenvalue weighted by Gasteiger charge is 2.23. The number of rotatable bonds is 5. The molecule has 2 N–H and O–H groups in total. The van der Waals surface area contributed by atoms with Gasteiger partial charge in [0.25, 0.3) is 5.91 Å². The molecule has 0 bridgehead atoms. The van der Waals surface area contributed by atoms with E-state index in [2.05, 4.69) is 27.4 Å². The molecule has 29 heavy (non-hydrogen) atoms. The molecule has 3 aromatic rings. The van der Waals surface area contributed by atoms with E-state index in [9.17, 15) is 4.79 Å². The van der Waals surface area contributed by atoms with E-state index >= 15 is 0 Å². The van der Waals surface area contributed by atoms with Crippen LogP contribution in [0.1, 0.15) is 53.2 Å². The van der Waals surface area contributed by atoms with Gasteiger partial charge in [-0.25, -0.2) is 0 Å². The maximum Gasteiger partial charge on any atom is 0.253 e. The third kappa shape index (κ3) is 4.54. The van der Waals surface area contributed by atoms with Crippen molar-refractivity contribution in [3.8, 4) is 11.1 Å². The number of aromatic nitrogens is 2. The molecule has 1 aliphatic carbocycles. The molecule has 4 rings (SSSR count). The summed E-state index contributed by atoms with van der Waals surface area (Å²) in [5.41, 5.74) is 4.83. The lowest BCUT2D eigenvalue weighted by Gasteiger charge is -2.29. The van der Waals surface area contributed by atoms with Gasteiger partial charge in [0, 0.05) is 47.0 Å². The van der Waals surface area contributed by atoms with Gasteiger partial charge in [-0.1, -0.05) is 29.8 Å². The van der Waals surface area contributed by atoms with E-state index < -0.39 is 0 Å². The van der Waals surface area contributed by atoms with Crippen LogP contribution in [-0.4, -0.2) is 22.4 Å². The summed E-state index contributed by atoms with van der Waals surface area (Å²) < 4.78 is 0. The Morgan fingerprint density at radius 1 is 1.14 bits per heavy atom. The average Bonchev–Trinajstić information content (AvgIpc) is 3.22. The number of benzene rings is 1. The van der Waals surface area contributed by atoms with Crippen molar-refractivity contribution in [2.45, 2.75) is 38.5 Å². The summed E-state index contributed by atoms with van der Waals surface area (Å²) in [6, 6.07) is 11.9. The lowest BCUT2D eigenvalue weighted by Crippen LogP contribution is -2.31. The van der Waals surface area contributed by atoms with Crippen LogP contribution < -0.4 is 5.32 Å². The topological polar surface area (TPSA) is 57.8 Å². The minimum atomic E-state index is -0.0481. The quantitative estimate of drug-likeness (QED) is 0.566. The Morgan fingerprint density at radius 2 is 1.93 bits per heavy atom. The number of nitrogens with zero attached hydrogens (tertiary/aromatic N) is 1. The zero-order valence-corrected chi connectivity index (χ0v) is 17.4. The average molecular weight is 408 g/mol. The molecule has 2 aromatic heterocycles. The molecule has 2 heterocycles. The van der Waals surface area contributed by atoms with Crippen molar-refractivity contribution in [3.63, 3.8) is 0 Å². The number of hydrogen-bond acceptors (Lipinski definition) is 2. The molecular weight excluding hydrogens is 382 g/mol. The van der Waals surface area contributed by atoms with Crippen molar-refractivity contribution >= 4 is 17.5 Å². The van der Waals surface area contributed by atoms with Crippen LogP contribution in [0, 0.1) is 12.8 Å². The summed E-state index contributed by atoms with van der Waals surface area (Å²) in [6.45, 7) is 2.76. The minimum Gasteiger partial charge on any atom is -0.366 e. The summed E-state index contributed by atoms with van der Waals surface area (Å²) in [7, 11) is 0. The number of pyridine rings is 1. The highest BCUT2D eigenvalue weighted by Crippen LogP contribution is 2.36. The van der Waals surface area contributed by atoms with Crippen molar-refractivity contribution in [1.82, 2.24) is 15.3 Å². The van der Waals surface area contributed by atoms with Gasteiger partial charge in [0.15, 0.2) is 0 Å². The minimum absolute atomic E-state index is 0.0481. The number of aromatic amines is 1. The summed E-state index contributed by atoms with van der Waals surface area (Å²) in [4.78, 5) is 20.1. The van der Waals surface area contributed by atoms with Crippen LogP contribution in [0.25, 0.3) is 11.1 Å². The predicted molar refractivity (Wildman–Crippen MR) is 117 cm³/mol. The summed E-state index contributed by atoms with van der Waals surface area (Å²) >= 11 is 6.32. The first kappa shape index (κ1) is 19.7. The number of halogens is 1. The lowest BCUT2D eigenvalue weighted by atomic mass is 9.79. The highest BCUT2D eigenvalue weighted by atomic mass is 35.5. The van der Waals surface area contributed by atoms with Gasteiger partial charge in [-0.2, -0.15) is 0 Å².